The van der Waals surface area contributed by atoms with E-state index < -0.39 is 0 Å². The number of aliphatic hydroxyl groups is 1. The van der Waals surface area contributed by atoms with Gasteiger partial charge >= 0.3 is 0 Å². The predicted octanol–water partition coefficient (Wildman–Crippen LogP) is 1.60. The molecule has 0 saturated carbocycles. The lowest BCUT2D eigenvalue weighted by Crippen LogP contribution is -2.14. The van der Waals surface area contributed by atoms with Crippen molar-refractivity contribution in [3.8, 4) is 17.2 Å². The van der Waals surface area contributed by atoms with E-state index in [-0.39, 0.29) is 36.8 Å². The van der Waals surface area contributed by atoms with Crippen LogP contribution < -0.4 is 19.6 Å². The molecule has 6 heteroatoms. The van der Waals surface area contributed by atoms with Gasteiger partial charge in [-0.15, -0.1) is 0 Å². The van der Waals surface area contributed by atoms with Crippen molar-refractivity contribution in [2.75, 3.05) is 20.3 Å². The van der Waals surface area contributed by atoms with Crippen LogP contribution in [0.3, 0.4) is 0 Å². The summed E-state index contributed by atoms with van der Waals surface area (Å²) in [5.41, 5.74) is -0.345. The van der Waals surface area contributed by atoms with Crippen LogP contribution in [0, 0.1) is 0 Å². The van der Waals surface area contributed by atoms with Gasteiger partial charge in [-0.3, -0.25) is 4.79 Å². The van der Waals surface area contributed by atoms with Gasteiger partial charge in [0.05, 0.1) is 7.11 Å². The van der Waals surface area contributed by atoms with E-state index in [9.17, 15) is 4.79 Å². The minimum Gasteiger partial charge on any atom is -0.493 e. The van der Waals surface area contributed by atoms with Gasteiger partial charge in [-0.05, 0) is 12.1 Å². The molecule has 0 radical (unpaired) electrons. The number of rotatable bonds is 7. The molecule has 1 aromatic carbocycles. The van der Waals surface area contributed by atoms with Crippen molar-refractivity contribution in [2.45, 2.75) is 6.61 Å². The van der Waals surface area contributed by atoms with Gasteiger partial charge in [0.25, 0.3) is 0 Å². The second kappa shape index (κ2) is 7.35. The molecular weight excluding hydrogens is 276 g/mol. The number of para-hydroxylation sites is 2. The van der Waals surface area contributed by atoms with Crippen molar-refractivity contribution >= 4 is 0 Å². The third-order valence-corrected chi connectivity index (χ3v) is 2.68. The van der Waals surface area contributed by atoms with Crippen LogP contribution in [-0.4, -0.2) is 25.4 Å². The third-order valence-electron chi connectivity index (χ3n) is 2.68. The van der Waals surface area contributed by atoms with Gasteiger partial charge in [-0.2, -0.15) is 0 Å². The molecule has 2 aromatic rings. The van der Waals surface area contributed by atoms with Crippen molar-refractivity contribution in [1.29, 1.82) is 0 Å². The zero-order valence-electron chi connectivity index (χ0n) is 11.6. The first-order chi connectivity index (χ1) is 10.2. The summed E-state index contributed by atoms with van der Waals surface area (Å²) in [5, 5.41) is 8.84. The Labute approximate surface area is 121 Å². The largest absolute Gasteiger partial charge is 0.493 e. The van der Waals surface area contributed by atoms with Crippen LogP contribution in [0.5, 0.6) is 17.2 Å². The first-order valence-electron chi connectivity index (χ1n) is 6.36. The van der Waals surface area contributed by atoms with Crippen molar-refractivity contribution in [1.82, 2.24) is 0 Å². The third kappa shape index (κ3) is 4.00. The Morgan fingerprint density at radius 3 is 2.38 bits per heavy atom. The van der Waals surface area contributed by atoms with Crippen LogP contribution in [0.1, 0.15) is 5.76 Å². The number of hydrogen-bond acceptors (Lipinski definition) is 6. The van der Waals surface area contributed by atoms with E-state index >= 15 is 0 Å². The van der Waals surface area contributed by atoms with Crippen LogP contribution in [0.4, 0.5) is 0 Å². The van der Waals surface area contributed by atoms with E-state index in [0.717, 1.165) is 0 Å². The summed E-state index contributed by atoms with van der Waals surface area (Å²) < 4.78 is 20.9. The highest BCUT2D eigenvalue weighted by Crippen LogP contribution is 2.25. The zero-order chi connectivity index (χ0) is 15.1. The molecule has 0 aliphatic rings. The quantitative estimate of drug-likeness (QED) is 0.781. The standard InChI is InChI=1S/C15H16O6/c1-18-13-4-2-3-5-14(13)19-6-7-20-15-10-21-11(9-16)8-12(15)17/h2-5,8,10,16H,6-7,9H2,1H3. The van der Waals surface area contributed by atoms with Gasteiger partial charge in [0.15, 0.2) is 11.5 Å². The molecule has 0 fully saturated rings. The lowest BCUT2D eigenvalue weighted by atomic mass is 10.3. The molecule has 1 heterocycles. The summed E-state index contributed by atoms with van der Waals surface area (Å²) in [7, 11) is 1.56. The molecule has 0 aliphatic heterocycles. The first-order valence-corrected chi connectivity index (χ1v) is 6.36. The highest BCUT2D eigenvalue weighted by atomic mass is 16.5. The molecule has 0 aliphatic carbocycles. The van der Waals surface area contributed by atoms with Crippen LogP contribution >= 0.6 is 0 Å². The Morgan fingerprint density at radius 2 is 1.76 bits per heavy atom. The summed E-state index contributed by atoms with van der Waals surface area (Å²) >= 11 is 0. The Hall–Kier alpha value is -2.47. The smallest absolute Gasteiger partial charge is 0.227 e. The minimum absolute atomic E-state index is 0.0795. The fourth-order valence-corrected chi connectivity index (χ4v) is 1.67. The minimum atomic E-state index is -0.345. The molecule has 0 amide bonds. The molecule has 0 spiro atoms. The molecule has 2 rings (SSSR count). The normalized spacial score (nSPS) is 10.2. The number of aliphatic hydroxyl groups excluding tert-OH is 1. The fraction of sp³-hybridized carbons (Fsp3) is 0.267. The molecular formula is C15H16O6. The summed E-state index contributed by atoms with van der Waals surface area (Å²) in [6, 6.07) is 8.44. The van der Waals surface area contributed by atoms with Crippen LogP contribution in [0.25, 0.3) is 0 Å². The summed E-state index contributed by atoms with van der Waals surface area (Å²) in [6.07, 6.45) is 1.18. The lowest BCUT2D eigenvalue weighted by Gasteiger charge is -2.10. The maximum atomic E-state index is 11.6. The number of hydrogen-bond donors (Lipinski definition) is 1. The highest BCUT2D eigenvalue weighted by molar-refractivity contribution is 5.39. The van der Waals surface area contributed by atoms with Gasteiger partial charge in [0, 0.05) is 6.07 Å². The fourth-order valence-electron chi connectivity index (χ4n) is 1.67. The van der Waals surface area contributed by atoms with Gasteiger partial charge < -0.3 is 23.7 Å². The van der Waals surface area contributed by atoms with E-state index in [4.69, 9.17) is 23.7 Å². The number of ether oxygens (including phenoxy) is 3. The molecule has 0 atom stereocenters. The van der Waals surface area contributed by atoms with Gasteiger partial charge in [-0.25, -0.2) is 0 Å². The van der Waals surface area contributed by atoms with Crippen LogP contribution in [-0.2, 0) is 6.61 Å². The van der Waals surface area contributed by atoms with Gasteiger partial charge in [-0.1, -0.05) is 12.1 Å². The predicted molar refractivity (Wildman–Crippen MR) is 74.9 cm³/mol. The first kappa shape index (κ1) is 14.9. The topological polar surface area (TPSA) is 78.1 Å². The monoisotopic (exact) mass is 292 g/mol. The van der Waals surface area contributed by atoms with Crippen molar-refractivity contribution in [3.63, 3.8) is 0 Å². The molecule has 1 N–H and O–H groups in total. The van der Waals surface area contributed by atoms with Gasteiger partial charge in [0.2, 0.25) is 11.2 Å². The average molecular weight is 292 g/mol. The molecule has 1 aromatic heterocycles. The SMILES string of the molecule is COc1ccccc1OCCOc1coc(CO)cc1=O. The van der Waals surface area contributed by atoms with Crippen molar-refractivity contribution in [2.24, 2.45) is 0 Å². The molecule has 112 valence electrons. The maximum absolute atomic E-state index is 11.6. The Balaban J connectivity index is 1.86. The van der Waals surface area contributed by atoms with Crippen molar-refractivity contribution < 1.29 is 23.7 Å². The van der Waals surface area contributed by atoms with E-state index in [1.165, 1.54) is 12.3 Å². The molecule has 6 nitrogen and oxygen atoms in total. The zero-order valence-corrected chi connectivity index (χ0v) is 11.6. The molecule has 0 unspecified atom stereocenters. The van der Waals surface area contributed by atoms with Gasteiger partial charge in [0.1, 0.15) is 31.8 Å². The average Bonchev–Trinajstić information content (AvgIpc) is 2.53. The molecule has 21 heavy (non-hydrogen) atoms. The second-order valence-corrected chi connectivity index (χ2v) is 4.08. The van der Waals surface area contributed by atoms with E-state index in [1.54, 1.807) is 19.2 Å². The summed E-state index contributed by atoms with van der Waals surface area (Å²) in [5.74, 6) is 1.50. The van der Waals surface area contributed by atoms with E-state index in [2.05, 4.69) is 0 Å². The highest BCUT2D eigenvalue weighted by Gasteiger charge is 2.05. The molecule has 0 saturated heterocycles. The number of methoxy groups -OCH3 is 1. The summed E-state index contributed by atoms with van der Waals surface area (Å²) in [4.78, 5) is 11.6. The van der Waals surface area contributed by atoms with Crippen molar-refractivity contribution in [3.05, 3.63) is 52.6 Å². The summed E-state index contributed by atoms with van der Waals surface area (Å²) in [6.45, 7) is 0.106. The Morgan fingerprint density at radius 1 is 1.10 bits per heavy atom. The number of benzene rings is 1. The van der Waals surface area contributed by atoms with Crippen LogP contribution in [0.2, 0.25) is 0 Å². The van der Waals surface area contributed by atoms with Crippen LogP contribution in [0.15, 0.2) is 45.8 Å². The molecule has 0 bridgehead atoms. The second-order valence-electron chi connectivity index (χ2n) is 4.08. The van der Waals surface area contributed by atoms with E-state index in [1.807, 2.05) is 12.1 Å². The maximum Gasteiger partial charge on any atom is 0.227 e. The van der Waals surface area contributed by atoms with E-state index in [0.29, 0.717) is 11.5 Å². The lowest BCUT2D eigenvalue weighted by molar-refractivity contribution is 0.202. The Bertz CT molecular complexity index is 634. The Kier molecular flexibility index (Phi) is 5.22.